The molecule has 0 spiro atoms. The molecule has 2 aromatic heterocycles. The maximum atomic E-state index is 12.1. The minimum Gasteiger partial charge on any atom is -0.497 e. The average molecular weight is 368 g/mol. The molecule has 0 unspecified atom stereocenters. The van der Waals surface area contributed by atoms with Gasteiger partial charge in [0.25, 0.3) is 5.91 Å². The van der Waals surface area contributed by atoms with Gasteiger partial charge in [0.15, 0.2) is 5.82 Å². The van der Waals surface area contributed by atoms with Gasteiger partial charge in [0.05, 0.1) is 25.5 Å². The Hall–Kier alpha value is -3.55. The first kappa shape index (κ1) is 18.2. The first-order valence-corrected chi connectivity index (χ1v) is 8.35. The molecule has 0 radical (unpaired) electrons. The van der Waals surface area contributed by atoms with Crippen LogP contribution in [0.4, 0.5) is 11.5 Å². The molecule has 0 saturated heterocycles. The summed E-state index contributed by atoms with van der Waals surface area (Å²) in [6.07, 6.45) is 1.56. The van der Waals surface area contributed by atoms with E-state index in [0.717, 1.165) is 5.75 Å². The SMILES string of the molecule is COc1ccc(OCCNC(=O)c2ccc(Nc3cc(C)on3)cn2)cc1. The lowest BCUT2D eigenvalue weighted by molar-refractivity contribution is 0.0942. The lowest BCUT2D eigenvalue weighted by atomic mass is 10.3. The van der Waals surface area contributed by atoms with E-state index in [1.807, 2.05) is 31.2 Å². The number of pyridine rings is 1. The smallest absolute Gasteiger partial charge is 0.269 e. The Balaban J connectivity index is 1.43. The molecule has 0 aliphatic rings. The van der Waals surface area contributed by atoms with Crippen LogP contribution in [0.3, 0.4) is 0 Å². The summed E-state index contributed by atoms with van der Waals surface area (Å²) in [4.78, 5) is 16.3. The first-order chi connectivity index (χ1) is 13.1. The highest BCUT2D eigenvalue weighted by Gasteiger charge is 2.07. The van der Waals surface area contributed by atoms with E-state index in [-0.39, 0.29) is 5.91 Å². The number of carbonyl (C=O) groups excluding carboxylic acids is 1. The fourth-order valence-electron chi connectivity index (χ4n) is 2.27. The zero-order valence-corrected chi connectivity index (χ0v) is 15.1. The number of nitrogens with one attached hydrogen (secondary N) is 2. The highest BCUT2D eigenvalue weighted by atomic mass is 16.5. The fourth-order valence-corrected chi connectivity index (χ4v) is 2.27. The van der Waals surface area contributed by atoms with Gasteiger partial charge in [0, 0.05) is 6.07 Å². The molecule has 2 N–H and O–H groups in total. The Labute approximate surface area is 156 Å². The van der Waals surface area contributed by atoms with Crippen LogP contribution in [-0.2, 0) is 0 Å². The number of anilines is 2. The number of methoxy groups -OCH3 is 1. The van der Waals surface area contributed by atoms with Gasteiger partial charge in [0.1, 0.15) is 29.6 Å². The third-order valence-corrected chi connectivity index (χ3v) is 3.61. The van der Waals surface area contributed by atoms with E-state index in [1.54, 1.807) is 31.5 Å². The molecule has 3 rings (SSSR count). The van der Waals surface area contributed by atoms with Crippen LogP contribution in [0.15, 0.2) is 53.2 Å². The monoisotopic (exact) mass is 368 g/mol. The predicted molar refractivity (Wildman–Crippen MR) is 99.6 cm³/mol. The van der Waals surface area contributed by atoms with E-state index in [1.165, 1.54) is 0 Å². The van der Waals surface area contributed by atoms with Crippen molar-refractivity contribution in [2.24, 2.45) is 0 Å². The van der Waals surface area contributed by atoms with Crippen molar-refractivity contribution in [3.8, 4) is 11.5 Å². The summed E-state index contributed by atoms with van der Waals surface area (Å²) in [6.45, 7) is 2.52. The minimum absolute atomic E-state index is 0.267. The molecular weight excluding hydrogens is 348 g/mol. The average Bonchev–Trinajstić information content (AvgIpc) is 3.10. The van der Waals surface area contributed by atoms with E-state index in [9.17, 15) is 4.79 Å². The number of aromatic nitrogens is 2. The molecule has 27 heavy (non-hydrogen) atoms. The second-order valence-electron chi connectivity index (χ2n) is 5.66. The van der Waals surface area contributed by atoms with E-state index < -0.39 is 0 Å². The van der Waals surface area contributed by atoms with Crippen molar-refractivity contribution >= 4 is 17.4 Å². The van der Waals surface area contributed by atoms with Gasteiger partial charge in [-0.15, -0.1) is 0 Å². The van der Waals surface area contributed by atoms with Gasteiger partial charge in [-0.05, 0) is 43.3 Å². The Morgan fingerprint density at radius 2 is 1.93 bits per heavy atom. The van der Waals surface area contributed by atoms with Gasteiger partial charge in [-0.3, -0.25) is 4.79 Å². The van der Waals surface area contributed by atoms with Gasteiger partial charge >= 0.3 is 0 Å². The lowest BCUT2D eigenvalue weighted by Crippen LogP contribution is -2.28. The van der Waals surface area contributed by atoms with Crippen molar-refractivity contribution in [3.05, 3.63) is 60.1 Å². The van der Waals surface area contributed by atoms with E-state index >= 15 is 0 Å². The molecule has 1 aromatic carbocycles. The van der Waals surface area contributed by atoms with Gasteiger partial charge in [0.2, 0.25) is 0 Å². The summed E-state index contributed by atoms with van der Waals surface area (Å²) >= 11 is 0. The minimum atomic E-state index is -0.267. The highest BCUT2D eigenvalue weighted by molar-refractivity contribution is 5.92. The maximum Gasteiger partial charge on any atom is 0.269 e. The molecular formula is C19H20N4O4. The zero-order valence-electron chi connectivity index (χ0n) is 15.1. The molecule has 0 saturated carbocycles. The molecule has 8 heteroatoms. The van der Waals surface area contributed by atoms with E-state index in [2.05, 4.69) is 20.8 Å². The van der Waals surface area contributed by atoms with Crippen LogP contribution in [0.5, 0.6) is 11.5 Å². The number of benzene rings is 1. The van der Waals surface area contributed by atoms with Crippen LogP contribution in [0, 0.1) is 6.92 Å². The Kier molecular flexibility index (Phi) is 5.88. The quantitative estimate of drug-likeness (QED) is 0.590. The Morgan fingerprint density at radius 3 is 2.56 bits per heavy atom. The normalized spacial score (nSPS) is 10.3. The number of rotatable bonds is 8. The fraction of sp³-hybridized carbons (Fsp3) is 0.211. The number of carbonyl (C=O) groups is 1. The standard InChI is InChI=1S/C19H20N4O4/c1-13-11-18(23-27-13)22-14-3-8-17(21-12-14)19(24)20-9-10-26-16-6-4-15(25-2)5-7-16/h3-8,11-12H,9-10H2,1-2H3,(H,20,24)(H,22,23). The van der Waals surface area contributed by atoms with Crippen molar-refractivity contribution in [2.45, 2.75) is 6.92 Å². The molecule has 0 bridgehead atoms. The molecule has 0 aliphatic carbocycles. The van der Waals surface area contributed by atoms with Crippen LogP contribution < -0.4 is 20.1 Å². The third kappa shape index (κ3) is 5.21. The van der Waals surface area contributed by atoms with Gasteiger partial charge < -0.3 is 24.6 Å². The van der Waals surface area contributed by atoms with Crippen LogP contribution >= 0.6 is 0 Å². The first-order valence-electron chi connectivity index (χ1n) is 8.35. The van der Waals surface area contributed by atoms with Crippen LogP contribution in [0.25, 0.3) is 0 Å². The zero-order chi connectivity index (χ0) is 19.1. The summed E-state index contributed by atoms with van der Waals surface area (Å²) in [5.74, 6) is 2.50. The summed E-state index contributed by atoms with van der Waals surface area (Å²) in [7, 11) is 1.61. The van der Waals surface area contributed by atoms with Crippen molar-refractivity contribution in [1.82, 2.24) is 15.5 Å². The largest absolute Gasteiger partial charge is 0.497 e. The second kappa shape index (κ2) is 8.70. The van der Waals surface area contributed by atoms with Gasteiger partial charge in [-0.2, -0.15) is 0 Å². The molecule has 0 atom stereocenters. The molecule has 8 nitrogen and oxygen atoms in total. The van der Waals surface area contributed by atoms with E-state index in [0.29, 0.717) is 41.9 Å². The molecule has 140 valence electrons. The summed E-state index contributed by atoms with van der Waals surface area (Å²) in [5.41, 5.74) is 1.03. The molecule has 2 heterocycles. The predicted octanol–water partition coefficient (Wildman–Crippen LogP) is 2.94. The Morgan fingerprint density at radius 1 is 1.15 bits per heavy atom. The maximum absolute atomic E-state index is 12.1. The van der Waals surface area contributed by atoms with Gasteiger partial charge in [-0.25, -0.2) is 4.98 Å². The molecule has 0 fully saturated rings. The number of ether oxygens (including phenoxy) is 2. The number of hydrogen-bond donors (Lipinski definition) is 2. The number of amides is 1. The number of aryl methyl sites for hydroxylation is 1. The highest BCUT2D eigenvalue weighted by Crippen LogP contribution is 2.17. The van der Waals surface area contributed by atoms with Gasteiger partial charge in [-0.1, -0.05) is 5.16 Å². The molecule has 1 amide bonds. The lowest BCUT2D eigenvalue weighted by Gasteiger charge is -2.08. The molecule has 3 aromatic rings. The Bertz CT molecular complexity index is 875. The van der Waals surface area contributed by atoms with Crippen molar-refractivity contribution in [3.63, 3.8) is 0 Å². The summed E-state index contributed by atoms with van der Waals surface area (Å²) < 4.78 is 15.6. The van der Waals surface area contributed by atoms with E-state index in [4.69, 9.17) is 14.0 Å². The second-order valence-corrected chi connectivity index (χ2v) is 5.66. The summed E-state index contributed by atoms with van der Waals surface area (Å²) in [6, 6.07) is 12.4. The molecule has 0 aliphatic heterocycles. The van der Waals surface area contributed by atoms with Crippen molar-refractivity contribution in [2.75, 3.05) is 25.6 Å². The number of hydrogen-bond acceptors (Lipinski definition) is 7. The van der Waals surface area contributed by atoms with Crippen LogP contribution in [0.1, 0.15) is 16.2 Å². The topological polar surface area (TPSA) is 98.5 Å². The van der Waals surface area contributed by atoms with Crippen molar-refractivity contribution in [1.29, 1.82) is 0 Å². The van der Waals surface area contributed by atoms with Crippen molar-refractivity contribution < 1.29 is 18.8 Å². The van der Waals surface area contributed by atoms with Crippen LogP contribution in [-0.4, -0.2) is 36.3 Å². The third-order valence-electron chi connectivity index (χ3n) is 3.61. The number of nitrogens with zero attached hydrogens (tertiary/aromatic N) is 2. The summed E-state index contributed by atoms with van der Waals surface area (Å²) in [5, 5.41) is 9.65. The van der Waals surface area contributed by atoms with Crippen LogP contribution in [0.2, 0.25) is 0 Å².